The molecule has 6 heteroatoms. The van der Waals surface area contributed by atoms with E-state index in [9.17, 15) is 4.79 Å². The molecule has 0 radical (unpaired) electrons. The summed E-state index contributed by atoms with van der Waals surface area (Å²) in [6.45, 7) is 2.13. The third-order valence-electron chi connectivity index (χ3n) is 2.46. The molecule has 2 aromatic rings. The Morgan fingerprint density at radius 1 is 1.63 bits per heavy atom. The average Bonchev–Trinajstić information content (AvgIpc) is 2.95. The number of aryl methyl sites for hydroxylation is 1. The third kappa shape index (κ3) is 3.33. The highest BCUT2D eigenvalue weighted by Gasteiger charge is 2.17. The molecule has 0 aromatic carbocycles. The van der Waals surface area contributed by atoms with Crippen LogP contribution in [0.1, 0.15) is 18.3 Å². The van der Waals surface area contributed by atoms with Crippen LogP contribution in [-0.2, 0) is 16.6 Å². The molecular formula is C13H13BrN2O2S. The number of ether oxygens (including phenoxy) is 1. The Bertz CT molecular complexity index is 616. The van der Waals surface area contributed by atoms with Crippen molar-refractivity contribution in [3.8, 4) is 0 Å². The molecule has 0 aliphatic rings. The normalized spacial score (nSPS) is 11.6. The molecule has 2 rings (SSSR count). The van der Waals surface area contributed by atoms with E-state index in [2.05, 4.69) is 20.9 Å². The first-order valence-corrected chi connectivity index (χ1v) is 7.39. The van der Waals surface area contributed by atoms with E-state index in [-0.39, 0.29) is 5.97 Å². The van der Waals surface area contributed by atoms with Gasteiger partial charge in [-0.05, 0) is 45.9 Å². The number of imidazole rings is 1. The summed E-state index contributed by atoms with van der Waals surface area (Å²) in [5.74, 6) is 0.236. The van der Waals surface area contributed by atoms with E-state index in [1.165, 1.54) is 0 Å². The molecule has 0 saturated heterocycles. The molecule has 19 heavy (non-hydrogen) atoms. The lowest BCUT2D eigenvalue weighted by molar-refractivity contribution is -0.136. The van der Waals surface area contributed by atoms with Gasteiger partial charge >= 0.3 is 5.97 Å². The van der Waals surface area contributed by atoms with Crippen LogP contribution in [0, 0.1) is 0 Å². The number of hydrogen-bond donors (Lipinski definition) is 0. The van der Waals surface area contributed by atoms with E-state index in [4.69, 9.17) is 4.74 Å². The van der Waals surface area contributed by atoms with Gasteiger partial charge in [-0.1, -0.05) is 0 Å². The number of hydrogen-bond acceptors (Lipinski definition) is 4. The molecule has 2 aromatic heterocycles. The zero-order chi connectivity index (χ0) is 13.8. The number of aromatic nitrogens is 2. The highest BCUT2D eigenvalue weighted by molar-refractivity contribution is 9.11. The Hall–Kier alpha value is -1.40. The van der Waals surface area contributed by atoms with Gasteiger partial charge in [0.2, 0.25) is 0 Å². The summed E-state index contributed by atoms with van der Waals surface area (Å²) in [6, 6.07) is 1.95. The van der Waals surface area contributed by atoms with Crippen LogP contribution < -0.4 is 0 Å². The van der Waals surface area contributed by atoms with E-state index in [0.717, 1.165) is 9.35 Å². The van der Waals surface area contributed by atoms with Gasteiger partial charge in [0.05, 0.1) is 10.4 Å². The van der Waals surface area contributed by atoms with Gasteiger partial charge in [0.1, 0.15) is 11.4 Å². The fourth-order valence-electron chi connectivity index (χ4n) is 1.61. The van der Waals surface area contributed by atoms with E-state index in [1.54, 1.807) is 41.3 Å². The van der Waals surface area contributed by atoms with Crippen LogP contribution >= 0.6 is 27.3 Å². The number of halogens is 1. The van der Waals surface area contributed by atoms with Crippen molar-refractivity contribution in [2.75, 3.05) is 6.61 Å². The second-order valence-electron chi connectivity index (χ2n) is 3.82. The summed E-state index contributed by atoms with van der Waals surface area (Å²) in [4.78, 5) is 16.3. The van der Waals surface area contributed by atoms with Crippen LogP contribution in [0.5, 0.6) is 0 Å². The molecule has 0 spiro atoms. The number of rotatable bonds is 4. The van der Waals surface area contributed by atoms with Gasteiger partial charge in [-0.15, -0.1) is 11.3 Å². The molecule has 100 valence electrons. The minimum Gasteiger partial charge on any atom is -0.462 e. The number of esters is 1. The van der Waals surface area contributed by atoms with Crippen molar-refractivity contribution in [1.82, 2.24) is 9.55 Å². The average molecular weight is 341 g/mol. The van der Waals surface area contributed by atoms with Crippen molar-refractivity contribution in [3.05, 3.63) is 39.0 Å². The standard InChI is InChI=1S/C13H13BrN2O2S/c1-3-18-13(17)10(12-15-4-5-16(12)2)6-9-7-11(14)19-8-9/h4-8H,3H2,1-2H3/b10-6-. The fourth-order valence-corrected chi connectivity index (χ4v) is 2.75. The molecule has 2 heterocycles. The summed E-state index contributed by atoms with van der Waals surface area (Å²) >= 11 is 4.97. The molecule has 0 atom stereocenters. The zero-order valence-electron chi connectivity index (χ0n) is 10.6. The van der Waals surface area contributed by atoms with Gasteiger partial charge in [0, 0.05) is 19.4 Å². The van der Waals surface area contributed by atoms with Crippen LogP contribution in [0.2, 0.25) is 0 Å². The quantitative estimate of drug-likeness (QED) is 0.633. The van der Waals surface area contributed by atoms with Gasteiger partial charge in [0.15, 0.2) is 0 Å². The van der Waals surface area contributed by atoms with Gasteiger partial charge < -0.3 is 9.30 Å². The minimum atomic E-state index is -0.362. The Morgan fingerprint density at radius 2 is 2.42 bits per heavy atom. The van der Waals surface area contributed by atoms with Crippen molar-refractivity contribution < 1.29 is 9.53 Å². The van der Waals surface area contributed by atoms with E-state index in [0.29, 0.717) is 18.0 Å². The Morgan fingerprint density at radius 3 is 2.95 bits per heavy atom. The molecule has 4 nitrogen and oxygen atoms in total. The van der Waals surface area contributed by atoms with Crippen LogP contribution in [0.4, 0.5) is 0 Å². The lowest BCUT2D eigenvalue weighted by atomic mass is 10.2. The molecule has 0 N–H and O–H groups in total. The molecule has 0 saturated carbocycles. The Kier molecular flexibility index (Phi) is 4.55. The SMILES string of the molecule is CCOC(=O)/C(=C\c1csc(Br)c1)c1nccn1C. The first-order chi connectivity index (χ1) is 9.11. The van der Waals surface area contributed by atoms with Gasteiger partial charge in [-0.3, -0.25) is 0 Å². The van der Waals surface area contributed by atoms with Gasteiger partial charge in [0.25, 0.3) is 0 Å². The molecule has 0 bridgehead atoms. The molecule has 0 amide bonds. The highest BCUT2D eigenvalue weighted by Crippen LogP contribution is 2.25. The van der Waals surface area contributed by atoms with Crippen LogP contribution in [-0.4, -0.2) is 22.1 Å². The summed E-state index contributed by atoms with van der Waals surface area (Å²) in [5, 5.41) is 1.96. The molecule has 0 fully saturated rings. The molecule has 0 aliphatic heterocycles. The Balaban J connectivity index is 2.43. The summed E-state index contributed by atoms with van der Waals surface area (Å²) in [7, 11) is 1.85. The van der Waals surface area contributed by atoms with E-state index < -0.39 is 0 Å². The lowest BCUT2D eigenvalue weighted by Crippen LogP contribution is -2.10. The first kappa shape index (κ1) is 14.0. The van der Waals surface area contributed by atoms with Crippen LogP contribution in [0.15, 0.2) is 27.6 Å². The fraction of sp³-hybridized carbons (Fsp3) is 0.231. The molecule has 0 unspecified atom stereocenters. The maximum atomic E-state index is 12.1. The number of carbonyl (C=O) groups is 1. The molecular weight excluding hydrogens is 328 g/mol. The molecule has 0 aliphatic carbocycles. The maximum Gasteiger partial charge on any atom is 0.341 e. The van der Waals surface area contributed by atoms with Crippen LogP contribution in [0.3, 0.4) is 0 Å². The second-order valence-corrected chi connectivity index (χ2v) is 6.11. The van der Waals surface area contributed by atoms with Crippen molar-refractivity contribution >= 4 is 44.9 Å². The first-order valence-electron chi connectivity index (χ1n) is 5.72. The predicted molar refractivity (Wildman–Crippen MR) is 79.7 cm³/mol. The van der Waals surface area contributed by atoms with E-state index in [1.807, 2.05) is 18.5 Å². The van der Waals surface area contributed by atoms with Crippen molar-refractivity contribution in [3.63, 3.8) is 0 Å². The topological polar surface area (TPSA) is 44.1 Å². The van der Waals surface area contributed by atoms with Gasteiger partial charge in [-0.2, -0.15) is 0 Å². The van der Waals surface area contributed by atoms with Crippen LogP contribution in [0.25, 0.3) is 11.6 Å². The third-order valence-corrected chi connectivity index (χ3v) is 3.98. The lowest BCUT2D eigenvalue weighted by Gasteiger charge is -2.06. The van der Waals surface area contributed by atoms with Crippen molar-refractivity contribution in [1.29, 1.82) is 0 Å². The smallest absolute Gasteiger partial charge is 0.341 e. The largest absolute Gasteiger partial charge is 0.462 e. The number of nitrogens with zero attached hydrogens (tertiary/aromatic N) is 2. The zero-order valence-corrected chi connectivity index (χ0v) is 13.0. The minimum absolute atomic E-state index is 0.341. The second kappa shape index (κ2) is 6.16. The van der Waals surface area contributed by atoms with Crippen molar-refractivity contribution in [2.45, 2.75) is 6.92 Å². The Labute approximate surface area is 123 Å². The van der Waals surface area contributed by atoms with E-state index >= 15 is 0 Å². The monoisotopic (exact) mass is 340 g/mol. The summed E-state index contributed by atoms with van der Waals surface area (Å²) < 4.78 is 7.90. The number of carbonyl (C=O) groups excluding carboxylic acids is 1. The van der Waals surface area contributed by atoms with Gasteiger partial charge in [-0.25, -0.2) is 9.78 Å². The predicted octanol–water partition coefficient (Wildman–Crippen LogP) is 3.35. The number of thiophene rings is 1. The summed E-state index contributed by atoms with van der Waals surface area (Å²) in [6.07, 6.45) is 5.25. The maximum absolute atomic E-state index is 12.1. The highest BCUT2D eigenvalue weighted by atomic mass is 79.9. The summed E-state index contributed by atoms with van der Waals surface area (Å²) in [5.41, 5.74) is 1.41. The van der Waals surface area contributed by atoms with Crippen molar-refractivity contribution in [2.24, 2.45) is 7.05 Å².